The minimum absolute atomic E-state index is 0.0447. The van der Waals surface area contributed by atoms with Crippen molar-refractivity contribution in [2.75, 3.05) is 20.2 Å². The Bertz CT molecular complexity index is 334. The van der Waals surface area contributed by atoms with E-state index in [9.17, 15) is 9.59 Å². The van der Waals surface area contributed by atoms with Gasteiger partial charge in [-0.3, -0.25) is 9.59 Å². The third-order valence-electron chi connectivity index (χ3n) is 2.81. The Morgan fingerprint density at radius 2 is 2.12 bits per heavy atom. The van der Waals surface area contributed by atoms with Gasteiger partial charge in [0.2, 0.25) is 5.91 Å². The molecule has 0 aromatic carbocycles. The number of ether oxygens (including phenoxy) is 1. The second kappa shape index (κ2) is 6.89. The number of hydrogen-bond acceptors (Lipinski definition) is 3. The van der Waals surface area contributed by atoms with E-state index in [0.29, 0.717) is 13.1 Å². The van der Waals surface area contributed by atoms with Crippen LogP contribution in [0.2, 0.25) is 0 Å². The number of hydrogen-bond donors (Lipinski definition) is 0. The van der Waals surface area contributed by atoms with Crippen LogP contribution in [0.5, 0.6) is 0 Å². The fraction of sp³-hybridized carbons (Fsp3) is 0.538. The molecule has 4 nitrogen and oxygen atoms in total. The van der Waals surface area contributed by atoms with Gasteiger partial charge in [0.25, 0.3) is 0 Å². The van der Waals surface area contributed by atoms with Gasteiger partial charge in [0.1, 0.15) is 0 Å². The average molecular weight is 237 g/mol. The first-order valence-electron chi connectivity index (χ1n) is 5.85. The van der Waals surface area contributed by atoms with Crippen LogP contribution in [0.4, 0.5) is 0 Å². The van der Waals surface area contributed by atoms with E-state index in [1.807, 2.05) is 13.0 Å². The molecule has 1 saturated heterocycles. The Morgan fingerprint density at radius 1 is 1.35 bits per heavy atom. The number of likely N-dealkylation sites (tertiary alicyclic amines) is 1. The molecule has 1 fully saturated rings. The molecule has 1 aliphatic heterocycles. The van der Waals surface area contributed by atoms with E-state index >= 15 is 0 Å². The van der Waals surface area contributed by atoms with Crippen molar-refractivity contribution in [3.63, 3.8) is 0 Å². The second-order valence-corrected chi connectivity index (χ2v) is 4.03. The van der Waals surface area contributed by atoms with Crippen molar-refractivity contribution in [1.29, 1.82) is 0 Å². The van der Waals surface area contributed by atoms with E-state index in [4.69, 9.17) is 4.74 Å². The summed E-state index contributed by atoms with van der Waals surface area (Å²) in [5, 5.41) is 0. The maximum atomic E-state index is 11.8. The van der Waals surface area contributed by atoms with Crippen LogP contribution in [-0.4, -0.2) is 37.0 Å². The lowest BCUT2D eigenvalue weighted by molar-refractivity contribution is -0.148. The maximum absolute atomic E-state index is 11.8. The lowest BCUT2D eigenvalue weighted by Crippen LogP contribution is -2.41. The standard InChI is InChI=1S/C13H19NO3/c1-3-4-5-8-12(15)14-9-6-7-11(10-14)13(16)17-2/h3-5,8,11H,6-7,9-10H2,1-2H3/b4-3+,8-5+. The lowest BCUT2D eigenvalue weighted by atomic mass is 9.98. The zero-order valence-electron chi connectivity index (χ0n) is 10.4. The van der Waals surface area contributed by atoms with Gasteiger partial charge in [0.15, 0.2) is 0 Å². The van der Waals surface area contributed by atoms with Crippen LogP contribution in [0.3, 0.4) is 0 Å². The molecule has 1 rings (SSSR count). The van der Waals surface area contributed by atoms with Gasteiger partial charge < -0.3 is 9.64 Å². The van der Waals surface area contributed by atoms with Crippen LogP contribution in [0, 0.1) is 5.92 Å². The van der Waals surface area contributed by atoms with Gasteiger partial charge in [-0.2, -0.15) is 0 Å². The van der Waals surface area contributed by atoms with Crippen molar-refractivity contribution in [2.24, 2.45) is 5.92 Å². The number of methoxy groups -OCH3 is 1. The highest BCUT2D eigenvalue weighted by Gasteiger charge is 2.27. The summed E-state index contributed by atoms with van der Waals surface area (Å²) in [7, 11) is 1.38. The molecule has 0 bridgehead atoms. The number of amides is 1. The third kappa shape index (κ3) is 4.06. The molecule has 94 valence electrons. The highest BCUT2D eigenvalue weighted by molar-refractivity contribution is 5.88. The van der Waals surface area contributed by atoms with Gasteiger partial charge >= 0.3 is 5.97 Å². The first kappa shape index (κ1) is 13.5. The van der Waals surface area contributed by atoms with E-state index in [2.05, 4.69) is 0 Å². The quantitative estimate of drug-likeness (QED) is 0.425. The Kier molecular flexibility index (Phi) is 5.46. The largest absolute Gasteiger partial charge is 0.469 e. The van der Waals surface area contributed by atoms with Crippen molar-refractivity contribution in [3.8, 4) is 0 Å². The van der Waals surface area contributed by atoms with Crippen molar-refractivity contribution in [2.45, 2.75) is 19.8 Å². The molecule has 1 amide bonds. The van der Waals surface area contributed by atoms with Crippen LogP contribution < -0.4 is 0 Å². The minimum atomic E-state index is -0.222. The SMILES string of the molecule is C/C=C/C=C/C(=O)N1CCCC(C(=O)OC)C1. The van der Waals surface area contributed by atoms with Gasteiger partial charge in [-0.05, 0) is 19.8 Å². The Balaban J connectivity index is 2.54. The average Bonchev–Trinajstić information content (AvgIpc) is 2.38. The predicted octanol–water partition coefficient (Wildman–Crippen LogP) is 1.53. The Labute approximate surface area is 102 Å². The molecule has 0 aromatic rings. The molecule has 1 heterocycles. The zero-order chi connectivity index (χ0) is 12.7. The molecule has 0 spiro atoms. The van der Waals surface area contributed by atoms with Gasteiger partial charge in [-0.15, -0.1) is 0 Å². The molecule has 1 unspecified atom stereocenters. The van der Waals surface area contributed by atoms with Crippen LogP contribution in [0.25, 0.3) is 0 Å². The van der Waals surface area contributed by atoms with Crippen LogP contribution in [-0.2, 0) is 14.3 Å². The molecule has 4 heteroatoms. The van der Waals surface area contributed by atoms with E-state index < -0.39 is 0 Å². The first-order valence-corrected chi connectivity index (χ1v) is 5.85. The summed E-state index contributed by atoms with van der Waals surface area (Å²) in [6.45, 7) is 3.07. The molecule has 17 heavy (non-hydrogen) atoms. The van der Waals surface area contributed by atoms with E-state index in [1.54, 1.807) is 17.1 Å². The van der Waals surface area contributed by atoms with Gasteiger partial charge in [-0.1, -0.05) is 18.2 Å². The predicted molar refractivity (Wildman–Crippen MR) is 65.3 cm³/mol. The molecule has 0 aliphatic carbocycles. The fourth-order valence-electron chi connectivity index (χ4n) is 1.89. The fourth-order valence-corrected chi connectivity index (χ4v) is 1.89. The lowest BCUT2D eigenvalue weighted by Gasteiger charge is -2.30. The van der Waals surface area contributed by atoms with Crippen LogP contribution in [0.15, 0.2) is 24.3 Å². The van der Waals surface area contributed by atoms with Crippen molar-refractivity contribution in [1.82, 2.24) is 4.90 Å². The Hall–Kier alpha value is -1.58. The topological polar surface area (TPSA) is 46.6 Å². The summed E-state index contributed by atoms with van der Waals surface area (Å²) in [5.74, 6) is -0.440. The van der Waals surface area contributed by atoms with Gasteiger partial charge in [0, 0.05) is 19.2 Å². The smallest absolute Gasteiger partial charge is 0.310 e. The summed E-state index contributed by atoms with van der Waals surface area (Å²) in [4.78, 5) is 24.9. The minimum Gasteiger partial charge on any atom is -0.469 e. The van der Waals surface area contributed by atoms with Gasteiger partial charge in [-0.25, -0.2) is 0 Å². The van der Waals surface area contributed by atoms with Gasteiger partial charge in [0.05, 0.1) is 13.0 Å². The molecule has 0 aromatic heterocycles. The molecule has 1 atom stereocenters. The Morgan fingerprint density at radius 3 is 2.76 bits per heavy atom. The van der Waals surface area contributed by atoms with E-state index in [1.165, 1.54) is 13.2 Å². The summed E-state index contributed by atoms with van der Waals surface area (Å²) in [6, 6.07) is 0. The summed E-state index contributed by atoms with van der Waals surface area (Å²) in [6.07, 6.45) is 8.55. The molecular weight excluding hydrogens is 218 g/mol. The summed E-state index contributed by atoms with van der Waals surface area (Å²) in [5.41, 5.74) is 0. The molecule has 0 radical (unpaired) electrons. The zero-order valence-corrected chi connectivity index (χ0v) is 10.4. The molecule has 0 N–H and O–H groups in total. The van der Waals surface area contributed by atoms with E-state index in [0.717, 1.165) is 12.8 Å². The van der Waals surface area contributed by atoms with E-state index in [-0.39, 0.29) is 17.8 Å². The maximum Gasteiger partial charge on any atom is 0.310 e. The van der Waals surface area contributed by atoms with Crippen LogP contribution >= 0.6 is 0 Å². The first-order chi connectivity index (χ1) is 8.19. The van der Waals surface area contributed by atoms with Crippen LogP contribution in [0.1, 0.15) is 19.8 Å². The number of piperidine rings is 1. The highest BCUT2D eigenvalue weighted by Crippen LogP contribution is 2.17. The van der Waals surface area contributed by atoms with Crippen molar-refractivity contribution < 1.29 is 14.3 Å². The third-order valence-corrected chi connectivity index (χ3v) is 2.81. The second-order valence-electron chi connectivity index (χ2n) is 4.03. The number of esters is 1. The number of allylic oxidation sites excluding steroid dienone is 3. The number of carbonyl (C=O) groups excluding carboxylic acids is 2. The molecular formula is C13H19NO3. The molecule has 1 aliphatic rings. The number of nitrogens with zero attached hydrogens (tertiary/aromatic N) is 1. The normalized spacial score (nSPS) is 21.1. The molecule has 0 saturated carbocycles. The number of rotatable bonds is 3. The van der Waals surface area contributed by atoms with Crippen molar-refractivity contribution >= 4 is 11.9 Å². The summed E-state index contributed by atoms with van der Waals surface area (Å²) < 4.78 is 4.71. The number of carbonyl (C=O) groups is 2. The monoisotopic (exact) mass is 237 g/mol. The summed E-state index contributed by atoms with van der Waals surface area (Å²) >= 11 is 0. The highest BCUT2D eigenvalue weighted by atomic mass is 16.5. The van der Waals surface area contributed by atoms with Crippen molar-refractivity contribution in [3.05, 3.63) is 24.3 Å².